The minimum Gasteiger partial charge on any atom is -0.335 e. The Bertz CT molecular complexity index is 1390. The molecule has 0 fully saturated rings. The molecule has 0 radical (unpaired) electrons. The van der Waals surface area contributed by atoms with E-state index < -0.39 is 10.0 Å². The number of sulfonamides is 1. The highest BCUT2D eigenvalue weighted by Crippen LogP contribution is 2.30. The van der Waals surface area contributed by atoms with E-state index in [-0.39, 0.29) is 28.2 Å². The molecule has 0 aliphatic heterocycles. The second-order valence-corrected chi connectivity index (χ2v) is 10.5. The number of pyridine rings is 1. The fourth-order valence-corrected chi connectivity index (χ4v) is 5.56. The van der Waals surface area contributed by atoms with Crippen LogP contribution in [0.25, 0.3) is 10.1 Å². The van der Waals surface area contributed by atoms with Crippen molar-refractivity contribution in [1.29, 1.82) is 0 Å². The van der Waals surface area contributed by atoms with Gasteiger partial charge < -0.3 is 4.90 Å². The standard InChI is InChI=1S/C22H19BrN4O3S2/c1-14(15-6-4-3-5-7-15)27(2)22(28)17-9-8-16(23)12-19(17)26-32(29,30)21-18-13-25-31-20(18)10-11-24-21/h3-14,26H,1-2H3/t14-/m1/s1. The van der Waals surface area contributed by atoms with Crippen LogP contribution in [0.5, 0.6) is 0 Å². The van der Waals surface area contributed by atoms with Crippen LogP contribution in [-0.2, 0) is 10.0 Å². The molecule has 2 heterocycles. The number of carbonyl (C=O) groups excluding carboxylic acids is 1. The Kier molecular flexibility index (Phi) is 6.27. The Hall–Kier alpha value is -2.82. The molecule has 32 heavy (non-hydrogen) atoms. The maximum Gasteiger partial charge on any atom is 0.280 e. The Morgan fingerprint density at radius 2 is 1.91 bits per heavy atom. The van der Waals surface area contributed by atoms with E-state index >= 15 is 0 Å². The summed E-state index contributed by atoms with van der Waals surface area (Å²) in [7, 11) is -2.37. The van der Waals surface area contributed by atoms with Crippen LogP contribution in [0.3, 0.4) is 0 Å². The van der Waals surface area contributed by atoms with Crippen molar-refractivity contribution in [3.63, 3.8) is 0 Å². The van der Waals surface area contributed by atoms with Crippen molar-refractivity contribution in [2.75, 3.05) is 11.8 Å². The number of rotatable bonds is 6. The number of anilines is 1. The Labute approximate surface area is 198 Å². The molecule has 0 unspecified atom stereocenters. The second kappa shape index (κ2) is 8.97. The molecular weight excluding hydrogens is 512 g/mol. The van der Waals surface area contributed by atoms with E-state index in [4.69, 9.17) is 0 Å². The number of nitrogens with one attached hydrogen (secondary N) is 1. The van der Waals surface area contributed by atoms with E-state index in [1.165, 1.54) is 23.9 Å². The zero-order chi connectivity index (χ0) is 22.9. The van der Waals surface area contributed by atoms with Crippen molar-refractivity contribution >= 4 is 59.2 Å². The molecule has 1 N–H and O–H groups in total. The molecule has 164 valence electrons. The first-order valence-corrected chi connectivity index (χ1v) is 12.7. The highest BCUT2D eigenvalue weighted by Gasteiger charge is 2.26. The molecule has 0 saturated carbocycles. The second-order valence-electron chi connectivity index (χ2n) is 7.15. The minimum absolute atomic E-state index is 0.131. The van der Waals surface area contributed by atoms with Crippen LogP contribution in [0.1, 0.15) is 28.9 Å². The van der Waals surface area contributed by atoms with Gasteiger partial charge in [0.25, 0.3) is 15.9 Å². The summed E-state index contributed by atoms with van der Waals surface area (Å²) in [5.41, 5.74) is 1.37. The largest absolute Gasteiger partial charge is 0.335 e. The molecule has 1 amide bonds. The van der Waals surface area contributed by atoms with E-state index in [1.807, 2.05) is 37.3 Å². The summed E-state index contributed by atoms with van der Waals surface area (Å²) in [6.45, 7) is 1.92. The van der Waals surface area contributed by atoms with Gasteiger partial charge in [-0.2, -0.15) is 12.8 Å². The lowest BCUT2D eigenvalue weighted by atomic mass is 10.1. The molecular formula is C22H19BrN4O3S2. The molecule has 7 nitrogen and oxygen atoms in total. The number of nitrogens with zero attached hydrogens (tertiary/aromatic N) is 3. The Morgan fingerprint density at radius 3 is 2.66 bits per heavy atom. The van der Waals surface area contributed by atoms with Gasteiger partial charge in [0.2, 0.25) is 0 Å². The van der Waals surface area contributed by atoms with Crippen molar-refractivity contribution in [3.05, 3.63) is 82.6 Å². The Morgan fingerprint density at radius 1 is 1.16 bits per heavy atom. The molecule has 2 aromatic carbocycles. The number of benzene rings is 2. The number of hydrogen-bond acceptors (Lipinski definition) is 6. The smallest absolute Gasteiger partial charge is 0.280 e. The summed E-state index contributed by atoms with van der Waals surface area (Å²) >= 11 is 4.55. The maximum absolute atomic E-state index is 13.3. The lowest BCUT2D eigenvalue weighted by Gasteiger charge is -2.26. The highest BCUT2D eigenvalue weighted by atomic mass is 79.9. The number of hydrogen-bond donors (Lipinski definition) is 1. The van der Waals surface area contributed by atoms with E-state index in [0.717, 1.165) is 5.56 Å². The van der Waals surface area contributed by atoms with Gasteiger partial charge in [0.05, 0.1) is 33.6 Å². The van der Waals surface area contributed by atoms with Crippen LogP contribution in [0.4, 0.5) is 5.69 Å². The average molecular weight is 531 g/mol. The van der Waals surface area contributed by atoms with Gasteiger partial charge in [0.1, 0.15) is 0 Å². The van der Waals surface area contributed by atoms with E-state index in [0.29, 0.717) is 14.6 Å². The van der Waals surface area contributed by atoms with Gasteiger partial charge in [0.15, 0.2) is 5.03 Å². The number of amides is 1. The highest BCUT2D eigenvalue weighted by molar-refractivity contribution is 9.10. The molecule has 4 aromatic rings. The van der Waals surface area contributed by atoms with Crippen molar-refractivity contribution in [2.24, 2.45) is 0 Å². The van der Waals surface area contributed by atoms with Gasteiger partial charge in [-0.1, -0.05) is 46.3 Å². The topological polar surface area (TPSA) is 92.3 Å². The van der Waals surface area contributed by atoms with Crippen LogP contribution in [0, 0.1) is 0 Å². The fourth-order valence-electron chi connectivity index (χ4n) is 3.29. The summed E-state index contributed by atoms with van der Waals surface area (Å²) < 4.78 is 34.3. The number of aromatic nitrogens is 2. The van der Waals surface area contributed by atoms with Gasteiger partial charge in [-0.25, -0.2) is 4.98 Å². The van der Waals surface area contributed by atoms with Crippen LogP contribution in [0.15, 0.2) is 76.5 Å². The molecule has 0 aliphatic carbocycles. The third-order valence-corrected chi connectivity index (χ3v) is 7.72. The van der Waals surface area contributed by atoms with Gasteiger partial charge >= 0.3 is 0 Å². The first-order valence-electron chi connectivity index (χ1n) is 9.62. The van der Waals surface area contributed by atoms with Crippen molar-refractivity contribution in [2.45, 2.75) is 18.0 Å². The summed E-state index contributed by atoms with van der Waals surface area (Å²) in [6, 6.07) is 16.0. The molecule has 2 aromatic heterocycles. The molecule has 4 rings (SSSR count). The SMILES string of the molecule is C[C@H](c1ccccc1)N(C)C(=O)c1ccc(Br)cc1NS(=O)(=O)c1nccc2sncc12. The molecule has 0 saturated heterocycles. The zero-order valence-electron chi connectivity index (χ0n) is 17.2. The number of carbonyl (C=O) groups is 1. The zero-order valence-corrected chi connectivity index (χ0v) is 20.4. The van der Waals surface area contributed by atoms with Crippen molar-refractivity contribution < 1.29 is 13.2 Å². The predicted molar refractivity (Wildman–Crippen MR) is 129 cm³/mol. The van der Waals surface area contributed by atoms with E-state index in [9.17, 15) is 13.2 Å². The van der Waals surface area contributed by atoms with Crippen LogP contribution >= 0.6 is 27.5 Å². The molecule has 0 spiro atoms. The quantitative estimate of drug-likeness (QED) is 0.374. The molecule has 1 atom stereocenters. The van der Waals surface area contributed by atoms with Crippen molar-refractivity contribution in [1.82, 2.24) is 14.3 Å². The van der Waals surface area contributed by atoms with Crippen molar-refractivity contribution in [3.8, 4) is 0 Å². The van der Waals surface area contributed by atoms with Gasteiger partial charge in [0, 0.05) is 17.7 Å². The molecule has 0 bridgehead atoms. The average Bonchev–Trinajstić information content (AvgIpc) is 3.27. The monoisotopic (exact) mass is 530 g/mol. The summed E-state index contributed by atoms with van der Waals surface area (Å²) in [4.78, 5) is 19.0. The van der Waals surface area contributed by atoms with E-state index in [2.05, 4.69) is 30.0 Å². The van der Waals surface area contributed by atoms with Gasteiger partial charge in [-0.3, -0.25) is 9.52 Å². The normalized spacial score (nSPS) is 12.5. The first-order chi connectivity index (χ1) is 15.3. The summed E-state index contributed by atoms with van der Waals surface area (Å²) in [5, 5.41) is 0.302. The van der Waals surface area contributed by atoms with Crippen LogP contribution in [-0.4, -0.2) is 35.6 Å². The number of fused-ring (bicyclic) bond motifs is 1. The third kappa shape index (κ3) is 4.38. The van der Waals surface area contributed by atoms with Crippen LogP contribution in [0.2, 0.25) is 0 Å². The Balaban J connectivity index is 1.69. The van der Waals surface area contributed by atoms with Gasteiger partial charge in [-0.15, -0.1) is 0 Å². The lowest BCUT2D eigenvalue weighted by Crippen LogP contribution is -2.30. The number of halogens is 1. The summed E-state index contributed by atoms with van der Waals surface area (Å²) in [6.07, 6.45) is 2.90. The van der Waals surface area contributed by atoms with Gasteiger partial charge in [-0.05, 0) is 48.3 Å². The van der Waals surface area contributed by atoms with Crippen LogP contribution < -0.4 is 4.72 Å². The minimum atomic E-state index is -4.07. The molecule has 10 heteroatoms. The first kappa shape index (κ1) is 22.4. The van der Waals surface area contributed by atoms with E-state index in [1.54, 1.807) is 36.2 Å². The lowest BCUT2D eigenvalue weighted by molar-refractivity contribution is 0.0743. The maximum atomic E-state index is 13.3. The summed E-state index contributed by atoms with van der Waals surface area (Å²) in [5.74, 6) is -0.310. The predicted octanol–water partition coefficient (Wildman–Crippen LogP) is 5.09. The third-order valence-electron chi connectivity index (χ3n) is 5.14. The fraction of sp³-hybridized carbons (Fsp3) is 0.136. The molecule has 0 aliphatic rings.